The fraction of sp³-hybridized carbons (Fsp3) is 0.462. The Morgan fingerprint density at radius 1 is 1.21 bits per heavy atom. The monoisotopic (exact) mass is 269 g/mol. The van der Waals surface area contributed by atoms with E-state index < -0.39 is 23.5 Å². The van der Waals surface area contributed by atoms with E-state index in [9.17, 15) is 13.2 Å². The molecule has 1 aliphatic heterocycles. The molecule has 102 valence electrons. The molecule has 0 aromatic heterocycles. The Labute approximate surface area is 109 Å². The van der Waals surface area contributed by atoms with Gasteiger partial charge in [-0.25, -0.2) is 13.2 Å². The Morgan fingerprint density at radius 2 is 1.89 bits per heavy atom. The van der Waals surface area contributed by atoms with Crippen molar-refractivity contribution in [3.05, 3.63) is 35.1 Å². The van der Waals surface area contributed by atoms with Gasteiger partial charge in [0.15, 0.2) is 17.5 Å². The molecule has 1 fully saturated rings. The molecule has 19 heavy (non-hydrogen) atoms. The van der Waals surface area contributed by atoms with Crippen LogP contribution in [0.25, 0.3) is 0 Å². The minimum Gasteiger partial charge on any atom is -0.314 e. The average molecular weight is 269 g/mol. The van der Waals surface area contributed by atoms with Crippen molar-refractivity contribution < 1.29 is 13.2 Å². The van der Waals surface area contributed by atoms with Crippen molar-refractivity contribution in [1.29, 1.82) is 5.26 Å². The topological polar surface area (TPSA) is 39.1 Å². The highest BCUT2D eigenvalue weighted by molar-refractivity contribution is 5.24. The first-order valence-electron chi connectivity index (χ1n) is 6.10. The van der Waals surface area contributed by atoms with Gasteiger partial charge in [-0.3, -0.25) is 4.90 Å². The van der Waals surface area contributed by atoms with E-state index in [1.807, 2.05) is 11.0 Å². The maximum absolute atomic E-state index is 13.8. The SMILES string of the molecule is N#CC[C@H](c1ccc(F)c(F)c1F)N1CCNCC1. The van der Waals surface area contributed by atoms with Gasteiger partial charge in [-0.2, -0.15) is 5.26 Å². The van der Waals surface area contributed by atoms with Gasteiger partial charge in [-0.1, -0.05) is 6.07 Å². The van der Waals surface area contributed by atoms with Gasteiger partial charge in [0, 0.05) is 31.7 Å². The summed E-state index contributed by atoms with van der Waals surface area (Å²) < 4.78 is 40.1. The lowest BCUT2D eigenvalue weighted by Gasteiger charge is -2.34. The summed E-state index contributed by atoms with van der Waals surface area (Å²) in [5.74, 6) is -3.88. The summed E-state index contributed by atoms with van der Waals surface area (Å²) in [6, 6.07) is 3.56. The molecule has 0 bridgehead atoms. The van der Waals surface area contributed by atoms with Crippen molar-refractivity contribution in [1.82, 2.24) is 10.2 Å². The van der Waals surface area contributed by atoms with Crippen molar-refractivity contribution in [2.45, 2.75) is 12.5 Å². The average Bonchev–Trinajstić information content (AvgIpc) is 2.44. The Balaban J connectivity index is 2.33. The van der Waals surface area contributed by atoms with Crippen LogP contribution in [0.2, 0.25) is 0 Å². The number of hydrogen-bond donors (Lipinski definition) is 1. The molecule has 0 aliphatic carbocycles. The van der Waals surface area contributed by atoms with Gasteiger partial charge in [0.05, 0.1) is 18.5 Å². The van der Waals surface area contributed by atoms with Crippen LogP contribution in [0.4, 0.5) is 13.2 Å². The van der Waals surface area contributed by atoms with Crippen LogP contribution in [-0.2, 0) is 0 Å². The summed E-state index contributed by atoms with van der Waals surface area (Å²) in [5.41, 5.74) is 0.0438. The number of nitrogens with zero attached hydrogens (tertiary/aromatic N) is 2. The minimum atomic E-state index is -1.48. The van der Waals surface area contributed by atoms with Crippen molar-refractivity contribution in [2.24, 2.45) is 0 Å². The molecule has 1 aromatic carbocycles. The standard InChI is InChI=1S/C13H14F3N3/c14-10-2-1-9(12(15)13(10)16)11(3-4-17)19-7-5-18-6-8-19/h1-2,11,18H,3,5-8H2/t11-/m1/s1. The van der Waals surface area contributed by atoms with Crippen molar-refractivity contribution in [3.63, 3.8) is 0 Å². The molecule has 0 unspecified atom stereocenters. The Hall–Kier alpha value is -1.58. The third kappa shape index (κ3) is 2.88. The predicted molar refractivity (Wildman–Crippen MR) is 63.7 cm³/mol. The number of nitriles is 1. The lowest BCUT2D eigenvalue weighted by atomic mass is 10.0. The fourth-order valence-corrected chi connectivity index (χ4v) is 2.31. The molecule has 1 saturated heterocycles. The molecule has 1 N–H and O–H groups in total. The van der Waals surface area contributed by atoms with E-state index in [1.165, 1.54) is 6.07 Å². The summed E-state index contributed by atoms with van der Waals surface area (Å²) in [6.07, 6.45) is 0.0436. The molecular weight excluding hydrogens is 255 g/mol. The second-order valence-corrected chi connectivity index (χ2v) is 4.43. The number of piperazine rings is 1. The summed E-state index contributed by atoms with van der Waals surface area (Å²) >= 11 is 0. The lowest BCUT2D eigenvalue weighted by molar-refractivity contribution is 0.171. The van der Waals surface area contributed by atoms with Crippen LogP contribution in [0.15, 0.2) is 12.1 Å². The normalized spacial score (nSPS) is 18.0. The number of hydrogen-bond acceptors (Lipinski definition) is 3. The van der Waals surface area contributed by atoms with Crippen LogP contribution in [-0.4, -0.2) is 31.1 Å². The second-order valence-electron chi connectivity index (χ2n) is 4.43. The van der Waals surface area contributed by atoms with Gasteiger partial charge in [-0.05, 0) is 6.07 Å². The number of nitrogens with one attached hydrogen (secondary N) is 1. The van der Waals surface area contributed by atoms with Crippen molar-refractivity contribution >= 4 is 0 Å². The quantitative estimate of drug-likeness (QED) is 0.853. The first kappa shape index (κ1) is 13.8. The molecule has 1 heterocycles. The minimum absolute atomic E-state index is 0.0436. The summed E-state index contributed by atoms with van der Waals surface area (Å²) in [6.45, 7) is 2.75. The van der Waals surface area contributed by atoms with Gasteiger partial charge in [-0.15, -0.1) is 0 Å². The number of halogens is 3. The van der Waals surface area contributed by atoms with E-state index in [1.54, 1.807) is 0 Å². The van der Waals surface area contributed by atoms with Crippen LogP contribution in [0.3, 0.4) is 0 Å². The van der Waals surface area contributed by atoms with Gasteiger partial charge in [0.25, 0.3) is 0 Å². The first-order chi connectivity index (χ1) is 9.15. The van der Waals surface area contributed by atoms with Crippen LogP contribution in [0, 0.1) is 28.8 Å². The Kier molecular flexibility index (Phi) is 4.40. The molecule has 3 nitrogen and oxygen atoms in total. The number of rotatable bonds is 3. The summed E-state index contributed by atoms with van der Waals surface area (Å²) in [5, 5.41) is 12.0. The molecule has 1 atom stereocenters. The highest BCUT2D eigenvalue weighted by Gasteiger charge is 2.26. The largest absolute Gasteiger partial charge is 0.314 e. The predicted octanol–water partition coefficient (Wildman–Crippen LogP) is 1.96. The third-order valence-corrected chi connectivity index (χ3v) is 3.30. The van der Waals surface area contributed by atoms with Gasteiger partial charge in [0.2, 0.25) is 0 Å². The second kappa shape index (κ2) is 6.04. The Bertz CT molecular complexity index is 493. The summed E-state index contributed by atoms with van der Waals surface area (Å²) in [4.78, 5) is 1.91. The Morgan fingerprint density at radius 3 is 2.53 bits per heavy atom. The zero-order valence-electron chi connectivity index (χ0n) is 10.3. The molecule has 0 spiro atoms. The third-order valence-electron chi connectivity index (χ3n) is 3.30. The smallest absolute Gasteiger partial charge is 0.194 e. The maximum atomic E-state index is 13.8. The van der Waals surface area contributed by atoms with E-state index >= 15 is 0 Å². The van der Waals surface area contributed by atoms with Crippen molar-refractivity contribution in [2.75, 3.05) is 26.2 Å². The molecule has 6 heteroatoms. The molecule has 0 radical (unpaired) electrons. The van der Waals surface area contributed by atoms with E-state index in [2.05, 4.69) is 5.32 Å². The van der Waals surface area contributed by atoms with Crippen LogP contribution < -0.4 is 5.32 Å². The van der Waals surface area contributed by atoms with Gasteiger partial charge >= 0.3 is 0 Å². The van der Waals surface area contributed by atoms with Crippen molar-refractivity contribution in [3.8, 4) is 6.07 Å². The maximum Gasteiger partial charge on any atom is 0.194 e. The van der Waals surface area contributed by atoms with Crippen LogP contribution >= 0.6 is 0 Å². The first-order valence-corrected chi connectivity index (χ1v) is 6.10. The number of benzene rings is 1. The zero-order valence-corrected chi connectivity index (χ0v) is 10.3. The highest BCUT2D eigenvalue weighted by atomic mass is 19.2. The van der Waals surface area contributed by atoms with Crippen LogP contribution in [0.1, 0.15) is 18.0 Å². The molecule has 0 amide bonds. The molecule has 0 saturated carbocycles. The van der Waals surface area contributed by atoms with E-state index in [4.69, 9.17) is 5.26 Å². The van der Waals surface area contributed by atoms with Gasteiger partial charge < -0.3 is 5.32 Å². The molecular formula is C13H14F3N3. The zero-order chi connectivity index (χ0) is 13.8. The van der Waals surface area contributed by atoms with E-state index in [0.29, 0.717) is 13.1 Å². The van der Waals surface area contributed by atoms with Gasteiger partial charge in [0.1, 0.15) is 0 Å². The summed E-state index contributed by atoms with van der Waals surface area (Å²) in [7, 11) is 0. The highest BCUT2D eigenvalue weighted by Crippen LogP contribution is 2.28. The molecule has 1 aliphatic rings. The lowest BCUT2D eigenvalue weighted by Crippen LogP contribution is -2.45. The van der Waals surface area contributed by atoms with E-state index in [-0.39, 0.29) is 12.0 Å². The van der Waals surface area contributed by atoms with E-state index in [0.717, 1.165) is 19.2 Å². The molecule has 1 aromatic rings. The van der Waals surface area contributed by atoms with Crippen LogP contribution in [0.5, 0.6) is 0 Å². The molecule has 2 rings (SSSR count). The fourth-order valence-electron chi connectivity index (χ4n) is 2.31.